The molecular formula is C16H14BrFN2. The number of rotatable bonds is 3. The van der Waals surface area contributed by atoms with E-state index < -0.39 is 0 Å². The molecule has 0 amide bonds. The number of hydrogen-bond donors (Lipinski definition) is 1. The number of nitrogens with two attached hydrogens (primary N) is 1. The Morgan fingerprint density at radius 1 is 1.05 bits per heavy atom. The quantitative estimate of drug-likeness (QED) is 0.770. The van der Waals surface area contributed by atoms with E-state index in [0.717, 1.165) is 15.4 Å². The lowest BCUT2D eigenvalue weighted by Crippen LogP contribution is -2.06. The van der Waals surface area contributed by atoms with Crippen molar-refractivity contribution in [3.63, 3.8) is 0 Å². The van der Waals surface area contributed by atoms with Gasteiger partial charge in [0.05, 0.1) is 6.54 Å². The van der Waals surface area contributed by atoms with Gasteiger partial charge in [-0.15, -0.1) is 0 Å². The molecule has 2 nitrogen and oxygen atoms in total. The maximum Gasteiger partial charge on any atom is 0.132 e. The Balaban J connectivity index is 2.06. The molecule has 0 saturated carbocycles. The third-order valence-corrected chi connectivity index (χ3v) is 4.09. The van der Waals surface area contributed by atoms with Crippen molar-refractivity contribution < 1.29 is 4.39 Å². The predicted octanol–water partition coefficient (Wildman–Crippen LogP) is 4.05. The smallest absolute Gasteiger partial charge is 0.132 e. The second-order valence-electron chi connectivity index (χ2n) is 4.72. The summed E-state index contributed by atoms with van der Waals surface area (Å²) in [5, 5.41) is 1.13. The number of fused-ring (bicyclic) bond motifs is 1. The summed E-state index contributed by atoms with van der Waals surface area (Å²) in [5.41, 5.74) is 7.84. The Labute approximate surface area is 125 Å². The van der Waals surface area contributed by atoms with Crippen LogP contribution in [0.15, 0.2) is 53.1 Å². The predicted molar refractivity (Wildman–Crippen MR) is 83.0 cm³/mol. The van der Waals surface area contributed by atoms with Gasteiger partial charge in [-0.3, -0.25) is 0 Å². The molecule has 2 aromatic carbocycles. The molecule has 4 heteroatoms. The molecule has 20 heavy (non-hydrogen) atoms. The van der Waals surface area contributed by atoms with E-state index in [1.807, 2.05) is 41.1 Å². The van der Waals surface area contributed by atoms with Gasteiger partial charge in [-0.2, -0.15) is 0 Å². The highest BCUT2D eigenvalue weighted by Crippen LogP contribution is 2.27. The third-order valence-electron chi connectivity index (χ3n) is 3.46. The third kappa shape index (κ3) is 2.25. The van der Waals surface area contributed by atoms with Gasteiger partial charge in [0.2, 0.25) is 0 Å². The lowest BCUT2D eigenvalue weighted by Gasteiger charge is -2.09. The largest absolute Gasteiger partial charge is 0.342 e. The highest BCUT2D eigenvalue weighted by atomic mass is 79.9. The van der Waals surface area contributed by atoms with Crippen molar-refractivity contribution in [1.29, 1.82) is 0 Å². The number of para-hydroxylation sites is 1. The molecule has 0 aliphatic carbocycles. The first-order chi connectivity index (χ1) is 9.70. The van der Waals surface area contributed by atoms with Crippen LogP contribution >= 0.6 is 15.9 Å². The van der Waals surface area contributed by atoms with E-state index in [-0.39, 0.29) is 12.4 Å². The van der Waals surface area contributed by atoms with Crippen LogP contribution < -0.4 is 5.73 Å². The Kier molecular flexibility index (Phi) is 3.59. The maximum absolute atomic E-state index is 14.3. The molecule has 0 aliphatic rings. The summed E-state index contributed by atoms with van der Waals surface area (Å²) >= 11 is 3.54. The molecule has 1 aromatic heterocycles. The van der Waals surface area contributed by atoms with Crippen LogP contribution in [0.1, 0.15) is 11.1 Å². The van der Waals surface area contributed by atoms with Gasteiger partial charge in [-0.05, 0) is 22.0 Å². The minimum absolute atomic E-state index is 0.205. The van der Waals surface area contributed by atoms with E-state index in [1.165, 1.54) is 0 Å². The van der Waals surface area contributed by atoms with Crippen molar-refractivity contribution in [3.05, 3.63) is 70.1 Å². The molecule has 2 N–H and O–H groups in total. The molecule has 0 saturated heterocycles. The van der Waals surface area contributed by atoms with Crippen LogP contribution in [0.5, 0.6) is 0 Å². The first-order valence-electron chi connectivity index (χ1n) is 6.40. The van der Waals surface area contributed by atoms with E-state index in [2.05, 4.69) is 15.9 Å². The molecule has 0 atom stereocenters. The molecule has 0 spiro atoms. The van der Waals surface area contributed by atoms with Crippen LogP contribution in [0, 0.1) is 5.82 Å². The van der Waals surface area contributed by atoms with E-state index in [0.29, 0.717) is 17.7 Å². The molecule has 0 unspecified atom stereocenters. The van der Waals surface area contributed by atoms with Gasteiger partial charge in [0.1, 0.15) is 5.82 Å². The summed E-state index contributed by atoms with van der Waals surface area (Å²) < 4.78 is 17.3. The zero-order valence-corrected chi connectivity index (χ0v) is 12.4. The summed E-state index contributed by atoms with van der Waals surface area (Å²) in [7, 11) is 0. The van der Waals surface area contributed by atoms with Gasteiger partial charge in [-0.25, -0.2) is 4.39 Å². The van der Waals surface area contributed by atoms with Crippen LogP contribution in [0.2, 0.25) is 0 Å². The minimum atomic E-state index is -0.205. The molecule has 1 heterocycles. The van der Waals surface area contributed by atoms with E-state index in [4.69, 9.17) is 5.73 Å². The highest BCUT2D eigenvalue weighted by Gasteiger charge is 2.10. The lowest BCUT2D eigenvalue weighted by molar-refractivity contribution is 0.586. The lowest BCUT2D eigenvalue weighted by atomic mass is 10.1. The standard InChI is InChI=1S/C16H14BrFN2/c17-14-10-20(15-7-2-1-6-13(14)15)9-12-5-3-4-11(8-19)16(12)18/h1-7,10H,8-9,19H2. The van der Waals surface area contributed by atoms with Crippen molar-refractivity contribution in [1.82, 2.24) is 4.57 Å². The van der Waals surface area contributed by atoms with Gasteiger partial charge >= 0.3 is 0 Å². The Morgan fingerprint density at radius 2 is 1.80 bits per heavy atom. The average Bonchev–Trinajstić information content (AvgIpc) is 2.78. The number of nitrogens with zero attached hydrogens (tertiary/aromatic N) is 1. The number of aromatic nitrogens is 1. The van der Waals surface area contributed by atoms with Crippen molar-refractivity contribution in [2.75, 3.05) is 0 Å². The van der Waals surface area contributed by atoms with Crippen molar-refractivity contribution in [2.24, 2.45) is 5.73 Å². The molecule has 3 rings (SSSR count). The molecular weight excluding hydrogens is 319 g/mol. The second kappa shape index (κ2) is 5.38. The fraction of sp³-hybridized carbons (Fsp3) is 0.125. The minimum Gasteiger partial charge on any atom is -0.342 e. The van der Waals surface area contributed by atoms with Gasteiger partial charge in [-0.1, -0.05) is 36.4 Å². The SMILES string of the molecule is NCc1cccc(Cn2cc(Br)c3ccccc32)c1F. The van der Waals surface area contributed by atoms with E-state index in [9.17, 15) is 4.39 Å². The molecule has 3 aromatic rings. The monoisotopic (exact) mass is 332 g/mol. The average molecular weight is 333 g/mol. The number of hydrogen-bond acceptors (Lipinski definition) is 1. The van der Waals surface area contributed by atoms with Gasteiger partial charge in [0.25, 0.3) is 0 Å². The summed E-state index contributed by atoms with van der Waals surface area (Å²) in [6.07, 6.45) is 1.99. The Morgan fingerprint density at radius 3 is 2.60 bits per heavy atom. The first-order valence-corrected chi connectivity index (χ1v) is 7.19. The van der Waals surface area contributed by atoms with Crippen LogP contribution in [-0.4, -0.2) is 4.57 Å². The summed E-state index contributed by atoms with van der Waals surface area (Å²) in [5.74, 6) is -0.205. The van der Waals surface area contributed by atoms with Crippen LogP contribution in [0.3, 0.4) is 0 Å². The molecule has 0 fully saturated rings. The molecule has 0 radical (unpaired) electrons. The van der Waals surface area contributed by atoms with E-state index >= 15 is 0 Å². The van der Waals surface area contributed by atoms with Crippen LogP contribution in [0.4, 0.5) is 4.39 Å². The normalized spacial score (nSPS) is 11.2. The second-order valence-corrected chi connectivity index (χ2v) is 5.57. The van der Waals surface area contributed by atoms with Gasteiger partial charge in [0.15, 0.2) is 0 Å². The van der Waals surface area contributed by atoms with Crippen molar-refractivity contribution >= 4 is 26.8 Å². The zero-order valence-electron chi connectivity index (χ0n) is 10.8. The molecule has 102 valence electrons. The van der Waals surface area contributed by atoms with Crippen LogP contribution in [-0.2, 0) is 13.1 Å². The molecule has 0 aliphatic heterocycles. The highest BCUT2D eigenvalue weighted by molar-refractivity contribution is 9.10. The van der Waals surface area contributed by atoms with Crippen molar-refractivity contribution in [2.45, 2.75) is 13.1 Å². The Bertz CT molecular complexity index is 764. The fourth-order valence-electron chi connectivity index (χ4n) is 2.43. The Hall–Kier alpha value is -1.65. The zero-order chi connectivity index (χ0) is 14.1. The summed E-state index contributed by atoms with van der Waals surface area (Å²) in [4.78, 5) is 0. The first kappa shape index (κ1) is 13.3. The van der Waals surface area contributed by atoms with Gasteiger partial charge < -0.3 is 10.3 Å². The summed E-state index contributed by atoms with van der Waals surface area (Å²) in [6.45, 7) is 0.710. The van der Waals surface area contributed by atoms with Gasteiger partial charge in [0, 0.05) is 39.2 Å². The fourth-order valence-corrected chi connectivity index (χ4v) is 3.01. The number of benzene rings is 2. The van der Waals surface area contributed by atoms with Crippen LogP contribution in [0.25, 0.3) is 10.9 Å². The summed E-state index contributed by atoms with van der Waals surface area (Å²) in [6, 6.07) is 13.4. The number of halogens is 2. The van der Waals surface area contributed by atoms with Crippen molar-refractivity contribution in [3.8, 4) is 0 Å². The molecule has 0 bridgehead atoms. The maximum atomic E-state index is 14.3. The topological polar surface area (TPSA) is 30.9 Å². The van der Waals surface area contributed by atoms with E-state index in [1.54, 1.807) is 12.1 Å².